The average Bonchev–Trinajstić information content (AvgIpc) is 2.38. The second-order valence-electron chi connectivity index (χ2n) is 4.95. The fourth-order valence-corrected chi connectivity index (χ4v) is 3.56. The summed E-state index contributed by atoms with van der Waals surface area (Å²) in [6.45, 7) is 4.49. The first-order valence-corrected chi connectivity index (χ1v) is 9.35. The first-order chi connectivity index (χ1) is 8.56. The SMILES string of the molecule is C#CCCCC(=O)/C=C/[Si](C)(C)c1ccccc1. The Morgan fingerprint density at radius 3 is 2.61 bits per heavy atom. The first kappa shape index (κ1) is 14.5. The third-order valence-corrected chi connectivity index (χ3v) is 5.77. The van der Waals surface area contributed by atoms with Crippen LogP contribution in [0.1, 0.15) is 19.3 Å². The van der Waals surface area contributed by atoms with E-state index in [0.29, 0.717) is 12.8 Å². The van der Waals surface area contributed by atoms with Crippen LogP contribution in [-0.2, 0) is 4.79 Å². The summed E-state index contributed by atoms with van der Waals surface area (Å²) in [6.07, 6.45) is 8.93. The molecule has 0 aliphatic rings. The van der Waals surface area contributed by atoms with Crippen LogP contribution in [0.3, 0.4) is 0 Å². The van der Waals surface area contributed by atoms with E-state index in [1.807, 2.05) is 18.2 Å². The fourth-order valence-electron chi connectivity index (χ4n) is 1.71. The lowest BCUT2D eigenvalue weighted by molar-refractivity contribution is -0.114. The van der Waals surface area contributed by atoms with Gasteiger partial charge in [0.15, 0.2) is 5.78 Å². The van der Waals surface area contributed by atoms with Crippen molar-refractivity contribution in [3.63, 3.8) is 0 Å². The summed E-state index contributed by atoms with van der Waals surface area (Å²) < 4.78 is 0. The van der Waals surface area contributed by atoms with Crippen molar-refractivity contribution < 1.29 is 4.79 Å². The van der Waals surface area contributed by atoms with Crippen LogP contribution in [0.4, 0.5) is 0 Å². The molecule has 18 heavy (non-hydrogen) atoms. The number of hydrogen-bond acceptors (Lipinski definition) is 1. The van der Waals surface area contributed by atoms with Crippen LogP contribution in [-0.4, -0.2) is 13.9 Å². The molecule has 0 amide bonds. The zero-order valence-corrected chi connectivity index (χ0v) is 12.1. The lowest BCUT2D eigenvalue weighted by Crippen LogP contribution is -2.39. The average molecular weight is 256 g/mol. The van der Waals surface area contributed by atoms with Gasteiger partial charge in [0, 0.05) is 12.8 Å². The third-order valence-electron chi connectivity index (χ3n) is 2.95. The molecule has 0 saturated heterocycles. The van der Waals surface area contributed by atoms with Gasteiger partial charge in [-0.25, -0.2) is 0 Å². The fraction of sp³-hybridized carbons (Fsp3) is 0.312. The summed E-state index contributed by atoms with van der Waals surface area (Å²) in [7, 11) is -1.63. The molecule has 1 rings (SSSR count). The van der Waals surface area contributed by atoms with Gasteiger partial charge in [-0.15, -0.1) is 12.3 Å². The number of hydrogen-bond donors (Lipinski definition) is 0. The molecule has 0 spiro atoms. The summed E-state index contributed by atoms with van der Waals surface area (Å²) in [5.41, 5.74) is 2.11. The number of benzene rings is 1. The van der Waals surface area contributed by atoms with Gasteiger partial charge in [-0.05, 0) is 12.5 Å². The molecule has 94 valence electrons. The Balaban J connectivity index is 2.60. The predicted molar refractivity (Wildman–Crippen MR) is 80.4 cm³/mol. The van der Waals surface area contributed by atoms with Crippen LogP contribution in [0, 0.1) is 12.3 Å². The number of terminal acetylenes is 1. The van der Waals surface area contributed by atoms with E-state index >= 15 is 0 Å². The van der Waals surface area contributed by atoms with Gasteiger partial charge in [0.1, 0.15) is 8.07 Å². The normalized spacial score (nSPS) is 11.4. The Morgan fingerprint density at radius 1 is 1.33 bits per heavy atom. The maximum Gasteiger partial charge on any atom is 0.155 e. The molecule has 0 aliphatic heterocycles. The molecule has 0 heterocycles. The van der Waals surface area contributed by atoms with Gasteiger partial charge in [-0.2, -0.15) is 0 Å². The van der Waals surface area contributed by atoms with Crippen molar-refractivity contribution >= 4 is 19.0 Å². The van der Waals surface area contributed by atoms with Gasteiger partial charge in [0.2, 0.25) is 0 Å². The molecule has 0 aliphatic carbocycles. The van der Waals surface area contributed by atoms with Crippen molar-refractivity contribution in [2.45, 2.75) is 32.4 Å². The van der Waals surface area contributed by atoms with Gasteiger partial charge in [0.25, 0.3) is 0 Å². The van der Waals surface area contributed by atoms with E-state index < -0.39 is 8.07 Å². The van der Waals surface area contributed by atoms with E-state index in [9.17, 15) is 4.79 Å². The monoisotopic (exact) mass is 256 g/mol. The summed E-state index contributed by atoms with van der Waals surface area (Å²) in [6, 6.07) is 10.4. The molecule has 0 N–H and O–H groups in total. The van der Waals surface area contributed by atoms with Crippen LogP contribution in [0.2, 0.25) is 13.1 Å². The predicted octanol–water partition coefficient (Wildman–Crippen LogP) is 3.07. The maximum atomic E-state index is 11.7. The van der Waals surface area contributed by atoms with Crippen molar-refractivity contribution in [1.82, 2.24) is 0 Å². The minimum absolute atomic E-state index is 0.182. The van der Waals surface area contributed by atoms with Gasteiger partial charge >= 0.3 is 0 Å². The topological polar surface area (TPSA) is 17.1 Å². The lowest BCUT2D eigenvalue weighted by Gasteiger charge is -2.17. The number of carbonyl (C=O) groups excluding carboxylic acids is 1. The molecular formula is C16H20OSi. The molecule has 0 fully saturated rings. The Kier molecular flexibility index (Phi) is 5.61. The molecule has 0 atom stereocenters. The van der Waals surface area contributed by atoms with Crippen LogP contribution >= 0.6 is 0 Å². The van der Waals surface area contributed by atoms with Gasteiger partial charge in [-0.1, -0.05) is 54.3 Å². The molecule has 0 saturated carbocycles. The third kappa shape index (κ3) is 4.73. The maximum absolute atomic E-state index is 11.7. The van der Waals surface area contributed by atoms with E-state index in [1.165, 1.54) is 5.19 Å². The number of ketones is 1. The zero-order chi connectivity index (χ0) is 13.4. The van der Waals surface area contributed by atoms with Gasteiger partial charge in [0.05, 0.1) is 0 Å². The smallest absolute Gasteiger partial charge is 0.155 e. The summed E-state index contributed by atoms with van der Waals surface area (Å²) in [5, 5.41) is 1.35. The second-order valence-corrected chi connectivity index (χ2v) is 9.30. The molecule has 0 radical (unpaired) electrons. The minimum atomic E-state index is -1.63. The Labute approximate surface area is 111 Å². The van der Waals surface area contributed by atoms with Crippen molar-refractivity contribution in [3.05, 3.63) is 42.1 Å². The molecule has 2 heteroatoms. The Hall–Kier alpha value is -1.59. The highest BCUT2D eigenvalue weighted by atomic mass is 28.3. The van der Waals surface area contributed by atoms with E-state index in [-0.39, 0.29) is 5.78 Å². The highest BCUT2D eigenvalue weighted by molar-refractivity contribution is 6.94. The molecule has 0 unspecified atom stereocenters. The summed E-state index contributed by atoms with van der Waals surface area (Å²) >= 11 is 0. The Morgan fingerprint density at radius 2 is 2.00 bits per heavy atom. The van der Waals surface area contributed by atoms with E-state index in [1.54, 1.807) is 6.08 Å². The molecule has 0 bridgehead atoms. The highest BCUT2D eigenvalue weighted by Gasteiger charge is 2.19. The van der Waals surface area contributed by atoms with Crippen molar-refractivity contribution in [1.29, 1.82) is 0 Å². The number of carbonyl (C=O) groups is 1. The van der Waals surface area contributed by atoms with Crippen LogP contribution in [0.25, 0.3) is 0 Å². The zero-order valence-electron chi connectivity index (χ0n) is 11.1. The minimum Gasteiger partial charge on any atom is -0.295 e. The quantitative estimate of drug-likeness (QED) is 0.331. The summed E-state index contributed by atoms with van der Waals surface area (Å²) in [4.78, 5) is 11.7. The molecule has 1 aromatic rings. The largest absolute Gasteiger partial charge is 0.295 e. The molecular weight excluding hydrogens is 236 g/mol. The highest BCUT2D eigenvalue weighted by Crippen LogP contribution is 2.06. The number of unbranched alkanes of at least 4 members (excludes halogenated alkanes) is 1. The second kappa shape index (κ2) is 6.98. The standard InChI is InChI=1S/C16H20OSi/c1-4-5-7-10-15(17)13-14-18(2,3)16-11-8-6-9-12-16/h1,6,8-9,11-14H,5,7,10H2,2-3H3/b14-13+. The van der Waals surface area contributed by atoms with Crippen molar-refractivity contribution in [2.75, 3.05) is 0 Å². The molecule has 1 aromatic carbocycles. The molecule has 1 nitrogen and oxygen atoms in total. The number of allylic oxidation sites excluding steroid dienone is 1. The first-order valence-electron chi connectivity index (χ1n) is 6.27. The van der Waals surface area contributed by atoms with E-state index in [2.05, 4.69) is 36.8 Å². The van der Waals surface area contributed by atoms with Crippen LogP contribution in [0.15, 0.2) is 42.1 Å². The van der Waals surface area contributed by atoms with Crippen LogP contribution < -0.4 is 5.19 Å². The summed E-state index contributed by atoms with van der Waals surface area (Å²) in [5.74, 6) is 2.74. The van der Waals surface area contributed by atoms with Crippen molar-refractivity contribution in [2.24, 2.45) is 0 Å². The van der Waals surface area contributed by atoms with Gasteiger partial charge < -0.3 is 0 Å². The van der Waals surface area contributed by atoms with Gasteiger partial charge in [-0.3, -0.25) is 4.79 Å². The number of rotatable bonds is 6. The Bertz CT molecular complexity index is 452. The lowest BCUT2D eigenvalue weighted by atomic mass is 10.2. The van der Waals surface area contributed by atoms with Crippen molar-refractivity contribution in [3.8, 4) is 12.3 Å². The molecule has 0 aromatic heterocycles. The van der Waals surface area contributed by atoms with E-state index in [0.717, 1.165) is 6.42 Å². The van der Waals surface area contributed by atoms with Crippen LogP contribution in [0.5, 0.6) is 0 Å². The van der Waals surface area contributed by atoms with E-state index in [4.69, 9.17) is 6.42 Å².